The van der Waals surface area contributed by atoms with Gasteiger partial charge in [-0.05, 0) is 48.1 Å². The average Bonchev–Trinajstić information content (AvgIpc) is 3.07. The van der Waals surface area contributed by atoms with Gasteiger partial charge in [0.25, 0.3) is 0 Å². The minimum atomic E-state index is 0.621. The molecule has 0 radical (unpaired) electrons. The Kier molecular flexibility index (Phi) is 7.21. The lowest BCUT2D eigenvalue weighted by Gasteiger charge is -2.18. The van der Waals surface area contributed by atoms with E-state index in [0.29, 0.717) is 5.92 Å². The van der Waals surface area contributed by atoms with Crippen molar-refractivity contribution in [1.29, 1.82) is 0 Å². The topological polar surface area (TPSA) is 39.0 Å². The van der Waals surface area contributed by atoms with Gasteiger partial charge < -0.3 is 14.5 Å². The zero-order valence-electron chi connectivity index (χ0n) is 14.6. The van der Waals surface area contributed by atoms with E-state index in [2.05, 4.69) is 43.4 Å². The molecule has 1 heterocycles. The number of nitrogens with two attached hydrogens (primary N) is 1. The molecule has 2 N–H and O–H groups in total. The van der Waals surface area contributed by atoms with Crippen molar-refractivity contribution in [3.05, 3.63) is 54.0 Å². The predicted molar refractivity (Wildman–Crippen MR) is 93.6 cm³/mol. The molecule has 0 amide bonds. The smallest absolute Gasteiger partial charge is 0.157 e. The Morgan fingerprint density at radius 1 is 1.04 bits per heavy atom. The van der Waals surface area contributed by atoms with Crippen molar-refractivity contribution in [2.45, 2.75) is 45.6 Å². The molecular formula is C20H30NO2+. The van der Waals surface area contributed by atoms with Crippen LogP contribution in [0.25, 0.3) is 0 Å². The maximum atomic E-state index is 5.38. The summed E-state index contributed by atoms with van der Waals surface area (Å²) in [6.07, 6.45) is 5.46. The van der Waals surface area contributed by atoms with Gasteiger partial charge >= 0.3 is 0 Å². The first-order valence-electron chi connectivity index (χ1n) is 8.67. The molecule has 3 heteroatoms. The summed E-state index contributed by atoms with van der Waals surface area (Å²) in [5.41, 5.74) is 1.43. The van der Waals surface area contributed by atoms with Crippen LogP contribution in [0.5, 0.6) is 5.75 Å². The molecule has 0 unspecified atom stereocenters. The standard InChI is InChI=1S/C20H29NO2/c1-16(2)6-7-18(17-8-10-19(22-3)11-9-17)12-13-21-15-20-5-4-14-23-20/h4-5,8-11,14,16,18,21H,6-7,12-13,15H2,1-3H3/p+1/t18-/m0/s1. The third-order valence-corrected chi connectivity index (χ3v) is 4.32. The van der Waals surface area contributed by atoms with Crippen molar-refractivity contribution in [2.24, 2.45) is 5.92 Å². The molecule has 1 aromatic heterocycles. The van der Waals surface area contributed by atoms with E-state index in [1.54, 1.807) is 13.4 Å². The van der Waals surface area contributed by atoms with Crippen LogP contribution in [0, 0.1) is 5.92 Å². The lowest BCUT2D eigenvalue weighted by molar-refractivity contribution is -0.672. The molecule has 3 nitrogen and oxygen atoms in total. The summed E-state index contributed by atoms with van der Waals surface area (Å²) in [5, 5.41) is 2.34. The van der Waals surface area contributed by atoms with Gasteiger partial charge in [-0.1, -0.05) is 32.4 Å². The minimum Gasteiger partial charge on any atom is -0.497 e. The Hall–Kier alpha value is -1.74. The monoisotopic (exact) mass is 316 g/mol. The van der Waals surface area contributed by atoms with Crippen LogP contribution in [-0.2, 0) is 6.54 Å². The summed E-state index contributed by atoms with van der Waals surface area (Å²) in [7, 11) is 1.72. The Labute approximate surface area is 140 Å². The van der Waals surface area contributed by atoms with Crippen LogP contribution < -0.4 is 10.1 Å². The van der Waals surface area contributed by atoms with Crippen LogP contribution in [-0.4, -0.2) is 13.7 Å². The SMILES string of the molecule is COc1ccc([C@H](CC[NH2+]Cc2ccco2)CCC(C)C)cc1. The highest BCUT2D eigenvalue weighted by Gasteiger charge is 2.13. The Morgan fingerprint density at radius 3 is 2.43 bits per heavy atom. The third-order valence-electron chi connectivity index (χ3n) is 4.32. The maximum absolute atomic E-state index is 5.38. The van der Waals surface area contributed by atoms with Crippen molar-refractivity contribution >= 4 is 0 Å². The normalized spacial score (nSPS) is 12.5. The number of benzene rings is 1. The molecule has 0 spiro atoms. The number of hydrogen-bond acceptors (Lipinski definition) is 2. The van der Waals surface area contributed by atoms with E-state index in [-0.39, 0.29) is 0 Å². The number of methoxy groups -OCH3 is 1. The van der Waals surface area contributed by atoms with Gasteiger partial charge in [0.15, 0.2) is 5.76 Å². The molecule has 0 saturated heterocycles. The van der Waals surface area contributed by atoms with Crippen molar-refractivity contribution in [3.8, 4) is 5.75 Å². The molecule has 2 rings (SSSR count). The van der Waals surface area contributed by atoms with Crippen molar-refractivity contribution in [1.82, 2.24) is 0 Å². The number of ether oxygens (including phenoxy) is 1. The highest BCUT2D eigenvalue weighted by molar-refractivity contribution is 5.29. The Morgan fingerprint density at radius 2 is 1.83 bits per heavy atom. The summed E-state index contributed by atoms with van der Waals surface area (Å²) in [6.45, 7) is 6.64. The first-order chi connectivity index (χ1) is 11.2. The summed E-state index contributed by atoms with van der Waals surface area (Å²) in [6, 6.07) is 12.6. The zero-order valence-corrected chi connectivity index (χ0v) is 14.6. The van der Waals surface area contributed by atoms with Crippen LogP contribution in [0.4, 0.5) is 0 Å². The van der Waals surface area contributed by atoms with E-state index in [0.717, 1.165) is 30.5 Å². The van der Waals surface area contributed by atoms with Gasteiger partial charge in [0.1, 0.15) is 12.3 Å². The van der Waals surface area contributed by atoms with E-state index in [4.69, 9.17) is 9.15 Å². The summed E-state index contributed by atoms with van der Waals surface area (Å²) >= 11 is 0. The molecule has 2 aromatic rings. The summed E-state index contributed by atoms with van der Waals surface area (Å²) in [5.74, 6) is 3.35. The van der Waals surface area contributed by atoms with Crippen LogP contribution in [0.2, 0.25) is 0 Å². The Bertz CT molecular complexity index is 531. The predicted octanol–water partition coefficient (Wildman–Crippen LogP) is 3.96. The first kappa shape index (κ1) is 17.6. The van der Waals surface area contributed by atoms with Crippen molar-refractivity contribution < 1.29 is 14.5 Å². The third kappa shape index (κ3) is 6.11. The van der Waals surface area contributed by atoms with Gasteiger partial charge in [-0.15, -0.1) is 0 Å². The fraction of sp³-hybridized carbons (Fsp3) is 0.500. The Balaban J connectivity index is 1.87. The second kappa shape index (κ2) is 9.41. The van der Waals surface area contributed by atoms with Crippen molar-refractivity contribution in [3.63, 3.8) is 0 Å². The van der Waals surface area contributed by atoms with E-state index >= 15 is 0 Å². The van der Waals surface area contributed by atoms with Gasteiger partial charge in [-0.2, -0.15) is 0 Å². The van der Waals surface area contributed by atoms with Crippen LogP contribution >= 0.6 is 0 Å². The first-order valence-corrected chi connectivity index (χ1v) is 8.67. The average molecular weight is 316 g/mol. The molecule has 1 atom stereocenters. The molecule has 0 aliphatic carbocycles. The van der Waals surface area contributed by atoms with E-state index in [1.807, 2.05) is 12.1 Å². The van der Waals surface area contributed by atoms with Crippen LogP contribution in [0.3, 0.4) is 0 Å². The van der Waals surface area contributed by atoms with Crippen molar-refractivity contribution in [2.75, 3.05) is 13.7 Å². The van der Waals surface area contributed by atoms with Gasteiger partial charge in [0.2, 0.25) is 0 Å². The van der Waals surface area contributed by atoms with Crippen LogP contribution in [0.15, 0.2) is 47.1 Å². The number of furan rings is 1. The van der Waals surface area contributed by atoms with E-state index in [9.17, 15) is 0 Å². The second-order valence-corrected chi connectivity index (χ2v) is 6.59. The fourth-order valence-corrected chi connectivity index (χ4v) is 2.88. The number of quaternary nitrogens is 1. The van der Waals surface area contributed by atoms with Gasteiger partial charge in [-0.25, -0.2) is 0 Å². The molecule has 0 aliphatic heterocycles. The highest BCUT2D eigenvalue weighted by atomic mass is 16.5. The molecular weight excluding hydrogens is 286 g/mol. The highest BCUT2D eigenvalue weighted by Crippen LogP contribution is 2.27. The summed E-state index contributed by atoms with van der Waals surface area (Å²) in [4.78, 5) is 0. The van der Waals surface area contributed by atoms with Gasteiger partial charge in [0, 0.05) is 6.42 Å². The van der Waals surface area contributed by atoms with E-state index < -0.39 is 0 Å². The molecule has 0 fully saturated rings. The molecule has 0 bridgehead atoms. The molecule has 1 aromatic carbocycles. The largest absolute Gasteiger partial charge is 0.497 e. The molecule has 23 heavy (non-hydrogen) atoms. The lowest BCUT2D eigenvalue weighted by atomic mass is 9.89. The van der Waals surface area contributed by atoms with Gasteiger partial charge in [-0.3, -0.25) is 0 Å². The number of hydrogen-bond donors (Lipinski definition) is 1. The second-order valence-electron chi connectivity index (χ2n) is 6.59. The zero-order chi connectivity index (χ0) is 16.5. The van der Waals surface area contributed by atoms with E-state index in [1.165, 1.54) is 24.8 Å². The molecule has 0 aliphatic rings. The maximum Gasteiger partial charge on any atom is 0.157 e. The molecule has 0 saturated carbocycles. The van der Waals surface area contributed by atoms with Crippen LogP contribution in [0.1, 0.15) is 50.4 Å². The lowest BCUT2D eigenvalue weighted by Crippen LogP contribution is -2.82. The quantitative estimate of drug-likeness (QED) is 0.674. The number of rotatable bonds is 10. The van der Waals surface area contributed by atoms with Gasteiger partial charge in [0.05, 0.1) is 19.9 Å². The summed E-state index contributed by atoms with van der Waals surface area (Å²) < 4.78 is 10.7. The minimum absolute atomic E-state index is 0.621. The molecule has 126 valence electrons. The fourth-order valence-electron chi connectivity index (χ4n) is 2.88.